The van der Waals surface area contributed by atoms with Gasteiger partial charge in [-0.05, 0) is 126 Å². The number of aliphatic hydroxyl groups is 6. The first-order chi connectivity index (χ1) is 58.5. The molecule has 123 heavy (non-hydrogen) atoms. The Hall–Kier alpha value is -4.62. The van der Waals surface area contributed by atoms with Crippen molar-refractivity contribution < 1.29 is 135 Å². The summed E-state index contributed by atoms with van der Waals surface area (Å²) in [5, 5.41) is 68.4. The van der Waals surface area contributed by atoms with Gasteiger partial charge in [-0.3, -0.25) is 9.59 Å². The van der Waals surface area contributed by atoms with Gasteiger partial charge in [0.15, 0.2) is 36.7 Å². The summed E-state index contributed by atoms with van der Waals surface area (Å²) in [6, 6.07) is 0. The molecule has 28 heteroatoms. The molecule has 12 heterocycles. The Kier molecular flexibility index (Phi) is 31.5. The van der Waals surface area contributed by atoms with E-state index < -0.39 is 182 Å². The SMILES string of the molecule is CC[C@H](C)[C@H]1O[C@]2(C=C[C@@H]1C)C[C@@H]1C[C@@H](C/C=C(/C)[C@@H](O[C@H]3C[C@H](OC)[C@@H](O[C@H]4C[C@H](OC)[C@@H](O)[C@H](C)O4)[C@H](C)O3)[C@@H](C)/C=C\C=C3CO[C@@H]4[C@H](O)C(C)=C[C@@H](C(=O)O1)[C@]34O)O2.CO[C@H]1C[C@H](O[C@H]2[C@H](C)O[C@@H](O[C@@H]3/C(C)=C/C[C@@H]4C[C@@H](C[C@]5(C=C[C@H](C)[C@@H](C(C)C)O5)O4)OC(=O)[C@@H]4C=C(C)[C@@H](O)[C@H]5OC/C(=C\C=C\[C@@H]3C)[C@]54O)C[C@@H]2OC)O[C@@H](C)[C@@H]1O. The maximum Gasteiger partial charge on any atom is 0.316 e. The van der Waals surface area contributed by atoms with E-state index in [-0.39, 0.29) is 85.3 Å². The molecule has 0 aromatic heterocycles. The molecule has 0 amide bonds. The number of carbonyl (C=O) groups is 2. The van der Waals surface area contributed by atoms with Gasteiger partial charge in [-0.15, -0.1) is 0 Å². The van der Waals surface area contributed by atoms with Crippen molar-refractivity contribution in [2.45, 2.75) is 376 Å². The second-order valence-electron chi connectivity index (χ2n) is 37.8. The maximum absolute atomic E-state index is 14.3. The zero-order valence-corrected chi connectivity index (χ0v) is 75.7. The molecule has 0 aromatic carbocycles. The van der Waals surface area contributed by atoms with E-state index >= 15 is 0 Å². The van der Waals surface area contributed by atoms with Crippen LogP contribution in [0.2, 0.25) is 0 Å². The van der Waals surface area contributed by atoms with Gasteiger partial charge in [-0.1, -0.05) is 135 Å². The molecular formula is C95H142O28. The van der Waals surface area contributed by atoms with Crippen LogP contribution >= 0.6 is 0 Å². The predicted octanol–water partition coefficient (Wildman–Crippen LogP) is 10.4. The highest BCUT2D eigenvalue weighted by Crippen LogP contribution is 2.51. The Morgan fingerprint density at radius 1 is 0.455 bits per heavy atom. The van der Waals surface area contributed by atoms with Crippen molar-refractivity contribution >= 4 is 11.9 Å². The summed E-state index contributed by atoms with van der Waals surface area (Å²) in [6.07, 6.45) is 16.1. The summed E-state index contributed by atoms with van der Waals surface area (Å²) in [4.78, 5) is 28.6. The van der Waals surface area contributed by atoms with Crippen molar-refractivity contribution in [1.29, 1.82) is 0 Å². The van der Waals surface area contributed by atoms with Crippen LogP contribution in [0.5, 0.6) is 0 Å². The molecule has 8 saturated heterocycles. The average molecular weight is 1730 g/mol. The fourth-order valence-electron chi connectivity index (χ4n) is 21.0. The molecule has 2 aliphatic carbocycles. The van der Waals surface area contributed by atoms with Crippen molar-refractivity contribution in [2.24, 2.45) is 47.3 Å². The number of allylic oxidation sites excluding steroid dienone is 4. The predicted molar refractivity (Wildman–Crippen MR) is 450 cm³/mol. The smallest absolute Gasteiger partial charge is 0.316 e. The lowest BCUT2D eigenvalue weighted by Crippen LogP contribution is -2.58. The Morgan fingerprint density at radius 3 is 1.22 bits per heavy atom. The first-order valence-electron chi connectivity index (χ1n) is 45.2. The maximum atomic E-state index is 14.3. The molecule has 6 N–H and O–H groups in total. The van der Waals surface area contributed by atoms with E-state index in [1.807, 2.05) is 64.2 Å². The first-order valence-corrected chi connectivity index (χ1v) is 45.2. The van der Waals surface area contributed by atoms with Crippen molar-refractivity contribution in [3.8, 4) is 0 Å². The zero-order chi connectivity index (χ0) is 88.6. The summed E-state index contributed by atoms with van der Waals surface area (Å²) < 4.78 is 127. The third-order valence-electron chi connectivity index (χ3n) is 28.5. The van der Waals surface area contributed by atoms with Crippen molar-refractivity contribution in [1.82, 2.24) is 0 Å². The molecule has 28 nitrogen and oxygen atoms in total. The van der Waals surface area contributed by atoms with Crippen molar-refractivity contribution in [3.05, 3.63) is 119 Å². The second kappa shape index (κ2) is 40.4. The molecule has 0 radical (unpaired) electrons. The van der Waals surface area contributed by atoms with E-state index in [4.69, 9.17) is 94.7 Å². The number of fused-ring (bicyclic) bond motifs is 4. The highest BCUT2D eigenvalue weighted by molar-refractivity contribution is 5.79. The van der Waals surface area contributed by atoms with E-state index in [2.05, 4.69) is 79.7 Å². The molecule has 0 aromatic rings. The van der Waals surface area contributed by atoms with E-state index in [0.717, 1.165) is 17.6 Å². The van der Waals surface area contributed by atoms with Gasteiger partial charge < -0.3 is 125 Å². The quantitative estimate of drug-likeness (QED) is 0.0655. The van der Waals surface area contributed by atoms with Crippen LogP contribution < -0.4 is 0 Å². The Balaban J connectivity index is 0.000000212. The monoisotopic (exact) mass is 1730 g/mol. The Labute approximate surface area is 726 Å². The molecule has 4 bridgehead atoms. The molecule has 12 aliphatic heterocycles. The van der Waals surface area contributed by atoms with Crippen LogP contribution in [0.3, 0.4) is 0 Å². The van der Waals surface area contributed by atoms with E-state index in [9.17, 15) is 40.2 Å². The molecule has 14 aliphatic rings. The summed E-state index contributed by atoms with van der Waals surface area (Å²) in [5.41, 5.74) is 0.263. The summed E-state index contributed by atoms with van der Waals surface area (Å²) >= 11 is 0. The average Bonchev–Trinajstić information content (AvgIpc) is 1.61. The van der Waals surface area contributed by atoms with Gasteiger partial charge in [-0.25, -0.2) is 0 Å². The molecule has 690 valence electrons. The van der Waals surface area contributed by atoms with Crippen LogP contribution in [0.15, 0.2) is 119 Å². The largest absolute Gasteiger partial charge is 0.462 e. The van der Waals surface area contributed by atoms with Gasteiger partial charge in [0.25, 0.3) is 0 Å². The van der Waals surface area contributed by atoms with E-state index in [1.165, 1.54) is 0 Å². The lowest BCUT2D eigenvalue weighted by molar-refractivity contribution is -0.318. The van der Waals surface area contributed by atoms with Crippen LogP contribution in [-0.2, 0) is 104 Å². The highest BCUT2D eigenvalue weighted by atomic mass is 16.8. The lowest BCUT2D eigenvalue weighted by Gasteiger charge is -2.48. The highest BCUT2D eigenvalue weighted by Gasteiger charge is 2.63. The fourth-order valence-corrected chi connectivity index (χ4v) is 21.0. The van der Waals surface area contributed by atoms with Gasteiger partial charge in [0, 0.05) is 103 Å². The fraction of sp³-hybridized carbons (Fsp3) is 0.768. The molecular weight excluding hydrogens is 1590 g/mol. The number of ether oxygens (including phenoxy) is 20. The number of carbonyl (C=O) groups excluding carboxylic acids is 2. The molecule has 0 unspecified atom stereocenters. The van der Waals surface area contributed by atoms with Gasteiger partial charge >= 0.3 is 11.9 Å². The third kappa shape index (κ3) is 20.6. The number of hydrogen-bond acceptors (Lipinski definition) is 28. The lowest BCUT2D eigenvalue weighted by atomic mass is 9.71. The van der Waals surface area contributed by atoms with Crippen LogP contribution in [0, 0.1) is 47.3 Å². The van der Waals surface area contributed by atoms with Gasteiger partial charge in [-0.2, -0.15) is 0 Å². The molecule has 0 saturated carbocycles. The Morgan fingerprint density at radius 2 is 0.829 bits per heavy atom. The van der Waals surface area contributed by atoms with Crippen molar-refractivity contribution in [3.63, 3.8) is 0 Å². The number of methoxy groups -OCH3 is 4. The van der Waals surface area contributed by atoms with Gasteiger partial charge in [0.1, 0.15) is 84.1 Å². The van der Waals surface area contributed by atoms with E-state index in [1.54, 1.807) is 80.4 Å². The van der Waals surface area contributed by atoms with Crippen molar-refractivity contribution in [2.75, 3.05) is 41.7 Å². The zero-order valence-electron chi connectivity index (χ0n) is 75.7. The third-order valence-corrected chi connectivity index (χ3v) is 28.5. The summed E-state index contributed by atoms with van der Waals surface area (Å²) in [5.74, 6) is -5.18. The topological polar surface area (TPSA) is 340 Å². The minimum atomic E-state index is -1.84. The second-order valence-corrected chi connectivity index (χ2v) is 37.8. The van der Waals surface area contributed by atoms with Crippen LogP contribution in [-0.4, -0.2) is 279 Å². The molecule has 39 atom stereocenters. The number of esters is 2. The standard InChI is InChI=1S/C48H72O14.C47H70O14/c1-11-25(2)43-28(5)17-18-47(62-43)23-34-20-33(61-47)16-15-27(4)42(26(3)13-12-14-32-24-55-45-40(49)29(6)19-35(46(51)58-34)48(32,45)52)59-39-22-37(54-10)44(31(8)57-39)60-38-21-36(53-9)41(50)30(7)56-38;1-24(2)41-27(5)16-17-46(61-41)22-33-19-32(60-46)15-14-26(4)42(25(3)12-11-13-31-23-54-44-39(48)28(6)18-34(45(50)57-33)47(31,44)51)58-38-21-36(53-10)43(30(8)56-38)59-37-20-35(52-9)40(49)29(7)55-37/h12-15,17-19,25-26,28,30-31,33-45,49-50,52H,11,16,20-24H2,1-10H3;11-14,16-18,24-25,27,29-30,32-44,48-49,51H,15,19-23H2,1-10H3/b13-12-,27-15-,32-14?;12-11+,26-14+,31-13+/t25-,26-,28-,30-,31-,33+,34-,35-,36-,37-,38-,39-,40+,41-,42-,43+,44-,45+,47+,48+;25-,27-,29-,30-,32+,33-,34-,35-,36-,37-,38-,39+,40-,41+,42-,43-,44+,46+,47+/m00/s1. The molecule has 14 rings (SSSR count). The van der Waals surface area contributed by atoms with Gasteiger partial charge in [0.2, 0.25) is 0 Å². The van der Waals surface area contributed by atoms with Crippen LogP contribution in [0.4, 0.5) is 0 Å². The molecule has 8 fully saturated rings. The van der Waals surface area contributed by atoms with Gasteiger partial charge in [0.05, 0.1) is 98.7 Å². The first kappa shape index (κ1) is 95.9. The minimum Gasteiger partial charge on any atom is -0.462 e. The summed E-state index contributed by atoms with van der Waals surface area (Å²) in [7, 11) is 6.44. The molecule has 2 spiro atoms. The minimum absolute atomic E-state index is 0.0313. The number of aliphatic hydroxyl groups excluding tert-OH is 4. The Bertz CT molecular complexity index is 3920. The van der Waals surface area contributed by atoms with E-state index in [0.29, 0.717) is 86.5 Å². The number of rotatable bonds is 15. The van der Waals surface area contributed by atoms with Crippen LogP contribution in [0.1, 0.15) is 181 Å². The van der Waals surface area contributed by atoms with Crippen LogP contribution in [0.25, 0.3) is 0 Å². The normalized spacial score (nSPS) is 48.8. The number of hydrogen-bond donors (Lipinski definition) is 6. The summed E-state index contributed by atoms with van der Waals surface area (Å²) in [6.45, 7) is 32.1.